The number of nitrogens with one attached hydrogen (secondary N) is 1. The largest absolute Gasteiger partial charge is 0.490 e. The van der Waals surface area contributed by atoms with Crippen LogP contribution in [0.2, 0.25) is 0 Å². The zero-order valence-electron chi connectivity index (χ0n) is 13.1. The second-order valence-corrected chi connectivity index (χ2v) is 5.77. The van der Waals surface area contributed by atoms with Gasteiger partial charge in [0.1, 0.15) is 6.33 Å². The summed E-state index contributed by atoms with van der Waals surface area (Å²) >= 11 is 0. The molecule has 0 atom stereocenters. The van der Waals surface area contributed by atoms with Crippen LogP contribution >= 0.6 is 0 Å². The van der Waals surface area contributed by atoms with Crippen molar-refractivity contribution in [2.24, 2.45) is 0 Å². The van der Waals surface area contributed by atoms with E-state index >= 15 is 0 Å². The van der Waals surface area contributed by atoms with Crippen LogP contribution in [0.25, 0.3) is 0 Å². The molecule has 1 saturated heterocycles. The Morgan fingerprint density at radius 1 is 1.35 bits per heavy atom. The van der Waals surface area contributed by atoms with Crippen molar-refractivity contribution in [3.05, 3.63) is 6.33 Å². The van der Waals surface area contributed by atoms with Gasteiger partial charge in [-0.2, -0.15) is 0 Å². The number of piperazine rings is 1. The highest BCUT2D eigenvalue weighted by Gasteiger charge is 2.33. The molecular formula is C14H25N5O. The molecule has 1 fully saturated rings. The Kier molecular flexibility index (Phi) is 4.32. The third-order valence-corrected chi connectivity index (χ3v) is 3.95. The first-order chi connectivity index (χ1) is 9.49. The molecule has 6 heteroatoms. The topological polar surface area (TPSA) is 53.5 Å². The number of hydrogen-bond donors (Lipinski definition) is 1. The van der Waals surface area contributed by atoms with E-state index in [-0.39, 0.29) is 5.54 Å². The summed E-state index contributed by atoms with van der Waals surface area (Å²) in [5, 5.41) is 3.22. The third kappa shape index (κ3) is 2.80. The predicted octanol–water partition coefficient (Wildman–Crippen LogP) is 1.45. The van der Waals surface area contributed by atoms with Crippen LogP contribution in [-0.2, 0) is 0 Å². The Balaban J connectivity index is 2.31. The molecule has 0 radical (unpaired) electrons. The molecule has 0 saturated carbocycles. The molecule has 0 aliphatic carbocycles. The predicted molar refractivity (Wildman–Crippen MR) is 81.7 cm³/mol. The van der Waals surface area contributed by atoms with Gasteiger partial charge in [-0.3, -0.25) is 4.90 Å². The number of anilines is 2. The highest BCUT2D eigenvalue weighted by atomic mass is 16.5. The van der Waals surface area contributed by atoms with E-state index in [2.05, 4.69) is 46.0 Å². The monoisotopic (exact) mass is 279 g/mol. The smallest absolute Gasteiger partial charge is 0.204 e. The van der Waals surface area contributed by atoms with E-state index in [1.165, 1.54) is 0 Å². The van der Waals surface area contributed by atoms with E-state index in [0.29, 0.717) is 0 Å². The summed E-state index contributed by atoms with van der Waals surface area (Å²) in [6, 6.07) is 0. The van der Waals surface area contributed by atoms with Crippen molar-refractivity contribution in [3.63, 3.8) is 0 Å². The first-order valence-electron chi connectivity index (χ1n) is 7.08. The summed E-state index contributed by atoms with van der Waals surface area (Å²) in [6.45, 7) is 10.2. The van der Waals surface area contributed by atoms with Gasteiger partial charge < -0.3 is 15.0 Å². The summed E-state index contributed by atoms with van der Waals surface area (Å²) in [5.41, 5.74) is 0.118. The number of hydrogen-bond acceptors (Lipinski definition) is 6. The van der Waals surface area contributed by atoms with Crippen molar-refractivity contribution in [3.8, 4) is 5.75 Å². The molecule has 20 heavy (non-hydrogen) atoms. The highest BCUT2D eigenvalue weighted by molar-refractivity contribution is 5.65. The minimum atomic E-state index is 0.118. The van der Waals surface area contributed by atoms with Crippen molar-refractivity contribution < 1.29 is 4.74 Å². The average molecular weight is 279 g/mol. The molecule has 0 spiro atoms. The lowest BCUT2D eigenvalue weighted by Gasteiger charge is -2.45. The van der Waals surface area contributed by atoms with Crippen LogP contribution in [0.1, 0.15) is 20.8 Å². The van der Waals surface area contributed by atoms with Crippen LogP contribution in [0.4, 0.5) is 11.6 Å². The van der Waals surface area contributed by atoms with Crippen molar-refractivity contribution in [1.29, 1.82) is 0 Å². The quantitative estimate of drug-likeness (QED) is 0.900. The van der Waals surface area contributed by atoms with Crippen LogP contribution in [0.5, 0.6) is 5.75 Å². The zero-order valence-corrected chi connectivity index (χ0v) is 13.1. The molecule has 2 heterocycles. The van der Waals surface area contributed by atoms with Crippen LogP contribution in [0, 0.1) is 0 Å². The second kappa shape index (κ2) is 5.83. The number of ether oxygens (including phenoxy) is 1. The molecule has 1 aromatic heterocycles. The van der Waals surface area contributed by atoms with E-state index in [4.69, 9.17) is 4.74 Å². The summed E-state index contributed by atoms with van der Waals surface area (Å²) in [6.07, 6.45) is 1.60. The van der Waals surface area contributed by atoms with Gasteiger partial charge in [0.05, 0.1) is 7.11 Å². The van der Waals surface area contributed by atoms with Gasteiger partial charge in [0.15, 0.2) is 11.6 Å². The van der Waals surface area contributed by atoms with Gasteiger partial charge in [0.25, 0.3) is 0 Å². The van der Waals surface area contributed by atoms with Crippen LogP contribution < -0.4 is 15.0 Å². The molecular weight excluding hydrogens is 254 g/mol. The summed E-state index contributed by atoms with van der Waals surface area (Å²) in [5.74, 6) is 2.37. The van der Waals surface area contributed by atoms with Crippen LogP contribution in [0.3, 0.4) is 0 Å². The van der Waals surface area contributed by atoms with E-state index in [9.17, 15) is 0 Å². The van der Waals surface area contributed by atoms with Gasteiger partial charge in [-0.25, -0.2) is 9.97 Å². The summed E-state index contributed by atoms with van der Waals surface area (Å²) in [7, 11) is 3.84. The average Bonchev–Trinajstić information content (AvgIpc) is 2.42. The fourth-order valence-corrected chi connectivity index (χ4v) is 2.49. The SMILES string of the molecule is CCNc1ncnc(N2CCN(C)C(C)(C)C2)c1OC. The standard InChI is InChI=1S/C14H25N5O/c1-6-15-12-11(20-5)13(17-10-16-12)19-8-7-18(4)14(2,3)9-19/h10H,6-9H2,1-5H3,(H,15,16,17). The number of likely N-dealkylation sites (N-methyl/N-ethyl adjacent to an activating group) is 1. The molecule has 1 aromatic rings. The molecule has 2 rings (SSSR count). The van der Waals surface area contributed by atoms with Crippen LogP contribution in [0.15, 0.2) is 6.33 Å². The van der Waals surface area contributed by atoms with Gasteiger partial charge >= 0.3 is 0 Å². The minimum absolute atomic E-state index is 0.118. The summed E-state index contributed by atoms with van der Waals surface area (Å²) in [4.78, 5) is 13.4. The molecule has 0 amide bonds. The molecule has 1 aliphatic rings. The van der Waals surface area contributed by atoms with E-state index in [1.54, 1.807) is 13.4 Å². The molecule has 6 nitrogen and oxygen atoms in total. The normalized spacial score (nSPS) is 18.9. The lowest BCUT2D eigenvalue weighted by Crippen LogP contribution is -2.58. The maximum Gasteiger partial charge on any atom is 0.204 e. The van der Waals surface area contributed by atoms with Gasteiger partial charge in [-0.05, 0) is 27.8 Å². The van der Waals surface area contributed by atoms with Crippen molar-refractivity contribution in [2.45, 2.75) is 26.3 Å². The second-order valence-electron chi connectivity index (χ2n) is 5.77. The maximum atomic E-state index is 5.53. The Hall–Kier alpha value is -1.56. The zero-order chi connectivity index (χ0) is 14.8. The first-order valence-corrected chi connectivity index (χ1v) is 7.08. The van der Waals surface area contributed by atoms with Gasteiger partial charge in [0.2, 0.25) is 5.75 Å². The first kappa shape index (κ1) is 14.8. The minimum Gasteiger partial charge on any atom is -0.490 e. The maximum absolute atomic E-state index is 5.53. The van der Waals surface area contributed by atoms with E-state index in [0.717, 1.165) is 43.6 Å². The third-order valence-electron chi connectivity index (χ3n) is 3.95. The fourth-order valence-electron chi connectivity index (χ4n) is 2.49. The van der Waals surface area contributed by atoms with Gasteiger partial charge in [-0.15, -0.1) is 0 Å². The number of rotatable bonds is 4. The fraction of sp³-hybridized carbons (Fsp3) is 0.714. The Labute approximate surface area is 121 Å². The Morgan fingerprint density at radius 2 is 2.10 bits per heavy atom. The Morgan fingerprint density at radius 3 is 2.70 bits per heavy atom. The lowest BCUT2D eigenvalue weighted by molar-refractivity contribution is 0.138. The van der Waals surface area contributed by atoms with Gasteiger partial charge in [0, 0.05) is 31.7 Å². The van der Waals surface area contributed by atoms with E-state index in [1.807, 2.05) is 6.92 Å². The van der Waals surface area contributed by atoms with Crippen molar-refractivity contribution in [2.75, 3.05) is 50.6 Å². The lowest BCUT2D eigenvalue weighted by atomic mass is 10.00. The molecule has 0 aromatic carbocycles. The highest BCUT2D eigenvalue weighted by Crippen LogP contribution is 2.34. The molecule has 112 valence electrons. The molecule has 1 N–H and O–H groups in total. The molecule has 0 unspecified atom stereocenters. The number of aromatic nitrogens is 2. The van der Waals surface area contributed by atoms with Gasteiger partial charge in [-0.1, -0.05) is 0 Å². The number of nitrogens with zero attached hydrogens (tertiary/aromatic N) is 4. The van der Waals surface area contributed by atoms with E-state index < -0.39 is 0 Å². The molecule has 0 bridgehead atoms. The summed E-state index contributed by atoms with van der Waals surface area (Å²) < 4.78 is 5.53. The van der Waals surface area contributed by atoms with Crippen molar-refractivity contribution >= 4 is 11.6 Å². The Bertz CT molecular complexity index is 463. The number of methoxy groups -OCH3 is 1. The van der Waals surface area contributed by atoms with Crippen LogP contribution in [-0.4, -0.2) is 60.7 Å². The molecule has 1 aliphatic heterocycles. The van der Waals surface area contributed by atoms with Crippen molar-refractivity contribution in [1.82, 2.24) is 14.9 Å².